The molecule has 7 heteroatoms. The van der Waals surface area contributed by atoms with Gasteiger partial charge in [-0.25, -0.2) is 9.78 Å². The predicted octanol–water partition coefficient (Wildman–Crippen LogP) is 1.29. The minimum Gasteiger partial charge on any atom is -0.480 e. The van der Waals surface area contributed by atoms with Crippen LogP contribution in [0.1, 0.15) is 13.3 Å². The average molecular weight is 251 g/mol. The Morgan fingerprint density at radius 2 is 2.33 bits per heavy atom. The summed E-state index contributed by atoms with van der Waals surface area (Å²) in [5, 5.41) is 19.7. The molecule has 1 saturated heterocycles. The quantitative estimate of drug-likeness (QED) is 0.642. The van der Waals surface area contributed by atoms with Gasteiger partial charge in [-0.3, -0.25) is 10.1 Å². The van der Waals surface area contributed by atoms with Crippen LogP contribution in [0.25, 0.3) is 0 Å². The van der Waals surface area contributed by atoms with Gasteiger partial charge < -0.3 is 10.0 Å². The highest BCUT2D eigenvalue weighted by Crippen LogP contribution is 2.29. The van der Waals surface area contributed by atoms with Crippen LogP contribution in [0.5, 0.6) is 0 Å². The fourth-order valence-corrected chi connectivity index (χ4v) is 2.24. The summed E-state index contributed by atoms with van der Waals surface area (Å²) >= 11 is 0. The van der Waals surface area contributed by atoms with Crippen molar-refractivity contribution in [3.63, 3.8) is 0 Å². The third kappa shape index (κ3) is 2.11. The number of pyridine rings is 1. The Kier molecular flexibility index (Phi) is 3.14. The Morgan fingerprint density at radius 3 is 2.83 bits per heavy atom. The number of anilines is 1. The molecule has 1 aliphatic heterocycles. The molecule has 7 nitrogen and oxygen atoms in total. The molecule has 1 N–H and O–H groups in total. The molecule has 2 rings (SSSR count). The molecule has 18 heavy (non-hydrogen) atoms. The molecule has 0 aliphatic carbocycles. The molecule has 2 unspecified atom stereocenters. The number of nitro groups is 1. The molecule has 0 spiro atoms. The SMILES string of the molecule is CC1CCN(c2ccc([N+](=O)[O-])cn2)C1C(=O)O. The zero-order valence-corrected chi connectivity index (χ0v) is 9.81. The largest absolute Gasteiger partial charge is 0.480 e. The zero-order chi connectivity index (χ0) is 13.3. The Balaban J connectivity index is 2.25. The Bertz CT molecular complexity index is 474. The van der Waals surface area contributed by atoms with E-state index in [1.54, 1.807) is 4.90 Å². The lowest BCUT2D eigenvalue weighted by atomic mass is 10.0. The number of hydrogen-bond donors (Lipinski definition) is 1. The first-order chi connectivity index (χ1) is 8.50. The number of carboxylic acid groups (broad SMARTS) is 1. The van der Waals surface area contributed by atoms with Gasteiger partial charge >= 0.3 is 5.97 Å². The number of aromatic nitrogens is 1. The van der Waals surface area contributed by atoms with Crippen LogP contribution in [0.2, 0.25) is 0 Å². The molecule has 2 atom stereocenters. The third-order valence-electron chi connectivity index (χ3n) is 3.19. The fourth-order valence-electron chi connectivity index (χ4n) is 2.24. The summed E-state index contributed by atoms with van der Waals surface area (Å²) in [5.74, 6) is -0.378. The molecule has 1 aromatic heterocycles. The van der Waals surface area contributed by atoms with Gasteiger partial charge in [0.1, 0.15) is 18.1 Å². The van der Waals surface area contributed by atoms with Crippen LogP contribution in [0.15, 0.2) is 18.3 Å². The minimum atomic E-state index is -0.889. The standard InChI is InChI=1S/C11H13N3O4/c1-7-4-5-13(10(7)11(15)16)9-3-2-8(6-12-9)14(17)18/h2-3,6-7,10H,4-5H2,1H3,(H,15,16). The fraction of sp³-hybridized carbons (Fsp3) is 0.455. The first kappa shape index (κ1) is 12.3. The lowest BCUT2D eigenvalue weighted by Gasteiger charge is -2.23. The average Bonchev–Trinajstić information content (AvgIpc) is 2.71. The van der Waals surface area contributed by atoms with E-state index in [-0.39, 0.29) is 11.6 Å². The Hall–Kier alpha value is -2.18. The normalized spacial score (nSPS) is 23.1. The van der Waals surface area contributed by atoms with Crippen molar-refractivity contribution < 1.29 is 14.8 Å². The van der Waals surface area contributed by atoms with E-state index in [2.05, 4.69) is 4.98 Å². The van der Waals surface area contributed by atoms with Gasteiger partial charge in [0, 0.05) is 12.6 Å². The van der Waals surface area contributed by atoms with E-state index in [1.807, 2.05) is 6.92 Å². The van der Waals surface area contributed by atoms with Crippen LogP contribution in [-0.2, 0) is 4.79 Å². The summed E-state index contributed by atoms with van der Waals surface area (Å²) in [6.07, 6.45) is 1.92. The summed E-state index contributed by atoms with van der Waals surface area (Å²) in [6.45, 7) is 2.48. The Morgan fingerprint density at radius 1 is 1.61 bits per heavy atom. The molecule has 1 fully saturated rings. The summed E-state index contributed by atoms with van der Waals surface area (Å²) < 4.78 is 0. The van der Waals surface area contributed by atoms with E-state index in [0.29, 0.717) is 12.4 Å². The summed E-state index contributed by atoms with van der Waals surface area (Å²) in [6, 6.07) is 2.22. The van der Waals surface area contributed by atoms with Crippen molar-refractivity contribution in [1.82, 2.24) is 4.98 Å². The number of hydrogen-bond acceptors (Lipinski definition) is 5. The van der Waals surface area contributed by atoms with Crippen LogP contribution in [0, 0.1) is 16.0 Å². The van der Waals surface area contributed by atoms with Gasteiger partial charge in [-0.2, -0.15) is 0 Å². The molecule has 0 aromatic carbocycles. The van der Waals surface area contributed by atoms with E-state index in [1.165, 1.54) is 12.1 Å². The molecule has 0 saturated carbocycles. The van der Waals surface area contributed by atoms with Gasteiger partial charge in [0.25, 0.3) is 5.69 Å². The van der Waals surface area contributed by atoms with Crippen molar-refractivity contribution in [2.24, 2.45) is 5.92 Å². The number of rotatable bonds is 3. The third-order valence-corrected chi connectivity index (χ3v) is 3.19. The molecule has 2 heterocycles. The minimum absolute atomic E-state index is 0.0412. The van der Waals surface area contributed by atoms with Crippen molar-refractivity contribution in [2.45, 2.75) is 19.4 Å². The lowest BCUT2D eigenvalue weighted by Crippen LogP contribution is -2.39. The second-order valence-corrected chi connectivity index (χ2v) is 4.37. The van der Waals surface area contributed by atoms with Crippen LogP contribution in [0.4, 0.5) is 11.5 Å². The van der Waals surface area contributed by atoms with E-state index in [0.717, 1.165) is 12.6 Å². The van der Waals surface area contributed by atoms with E-state index < -0.39 is 16.9 Å². The summed E-state index contributed by atoms with van der Waals surface area (Å²) in [5.41, 5.74) is -0.0992. The van der Waals surface area contributed by atoms with E-state index in [4.69, 9.17) is 0 Å². The van der Waals surface area contributed by atoms with Crippen LogP contribution < -0.4 is 4.90 Å². The van der Waals surface area contributed by atoms with Crippen molar-refractivity contribution >= 4 is 17.5 Å². The van der Waals surface area contributed by atoms with Gasteiger partial charge in [0.05, 0.1) is 4.92 Å². The first-order valence-corrected chi connectivity index (χ1v) is 5.60. The first-order valence-electron chi connectivity index (χ1n) is 5.60. The van der Waals surface area contributed by atoms with Crippen LogP contribution in [-0.4, -0.2) is 33.6 Å². The molecular weight excluding hydrogens is 238 g/mol. The van der Waals surface area contributed by atoms with Gasteiger partial charge in [-0.1, -0.05) is 6.92 Å². The number of aliphatic carboxylic acids is 1. The number of carboxylic acids is 1. The Labute approximate surface area is 103 Å². The van der Waals surface area contributed by atoms with Crippen molar-refractivity contribution in [3.8, 4) is 0 Å². The van der Waals surface area contributed by atoms with Gasteiger partial charge in [0.15, 0.2) is 0 Å². The highest BCUT2D eigenvalue weighted by Gasteiger charge is 2.37. The maximum atomic E-state index is 11.2. The highest BCUT2D eigenvalue weighted by atomic mass is 16.6. The molecule has 96 valence electrons. The predicted molar refractivity (Wildman–Crippen MR) is 63.4 cm³/mol. The topological polar surface area (TPSA) is 96.6 Å². The maximum Gasteiger partial charge on any atom is 0.326 e. The monoisotopic (exact) mass is 251 g/mol. The van der Waals surface area contributed by atoms with E-state index >= 15 is 0 Å². The second-order valence-electron chi connectivity index (χ2n) is 4.37. The molecular formula is C11H13N3O4. The number of nitrogens with zero attached hydrogens (tertiary/aromatic N) is 3. The maximum absolute atomic E-state index is 11.2. The van der Waals surface area contributed by atoms with Crippen LogP contribution >= 0.6 is 0 Å². The van der Waals surface area contributed by atoms with Crippen LogP contribution in [0.3, 0.4) is 0 Å². The highest BCUT2D eigenvalue weighted by molar-refractivity contribution is 5.79. The van der Waals surface area contributed by atoms with Gasteiger partial charge in [-0.15, -0.1) is 0 Å². The van der Waals surface area contributed by atoms with Crippen molar-refractivity contribution in [3.05, 3.63) is 28.4 Å². The molecule has 1 aliphatic rings. The van der Waals surface area contributed by atoms with Crippen molar-refractivity contribution in [1.29, 1.82) is 0 Å². The zero-order valence-electron chi connectivity index (χ0n) is 9.81. The summed E-state index contributed by atoms with van der Waals surface area (Å²) in [4.78, 5) is 26.8. The molecule has 1 aromatic rings. The second kappa shape index (κ2) is 4.59. The summed E-state index contributed by atoms with van der Waals surface area (Å²) in [7, 11) is 0. The van der Waals surface area contributed by atoms with E-state index in [9.17, 15) is 20.0 Å². The van der Waals surface area contributed by atoms with Gasteiger partial charge in [-0.05, 0) is 18.4 Å². The lowest BCUT2D eigenvalue weighted by molar-refractivity contribution is -0.385. The molecule has 0 radical (unpaired) electrons. The smallest absolute Gasteiger partial charge is 0.326 e. The molecule has 0 bridgehead atoms. The van der Waals surface area contributed by atoms with Crippen molar-refractivity contribution in [2.75, 3.05) is 11.4 Å². The molecule has 0 amide bonds. The van der Waals surface area contributed by atoms with Gasteiger partial charge in [0.2, 0.25) is 0 Å². The number of carbonyl (C=O) groups is 1.